The van der Waals surface area contributed by atoms with Gasteiger partial charge in [0.2, 0.25) is 0 Å². The summed E-state index contributed by atoms with van der Waals surface area (Å²) in [6.07, 6.45) is 5.08. The predicted molar refractivity (Wildman–Crippen MR) is 103 cm³/mol. The maximum absolute atomic E-state index is 10.8. The number of hydrogen-bond acceptors (Lipinski definition) is 6. The van der Waals surface area contributed by atoms with E-state index in [4.69, 9.17) is 9.72 Å². The van der Waals surface area contributed by atoms with E-state index >= 15 is 0 Å². The summed E-state index contributed by atoms with van der Waals surface area (Å²) in [5, 5.41) is 10.8. The van der Waals surface area contributed by atoms with Gasteiger partial charge in [0.05, 0.1) is 11.0 Å². The fraction of sp³-hybridized carbons (Fsp3) is 0.500. The van der Waals surface area contributed by atoms with Crippen molar-refractivity contribution in [2.75, 3.05) is 24.6 Å². The van der Waals surface area contributed by atoms with Crippen molar-refractivity contribution in [2.45, 2.75) is 38.7 Å². The summed E-state index contributed by atoms with van der Waals surface area (Å²) in [5.74, 6) is 2.20. The topological polar surface area (TPSA) is 81.4 Å². The van der Waals surface area contributed by atoms with Crippen molar-refractivity contribution in [3.63, 3.8) is 0 Å². The van der Waals surface area contributed by atoms with Gasteiger partial charge in [0.25, 0.3) is 5.69 Å². The molecule has 27 heavy (non-hydrogen) atoms. The molecule has 4 rings (SSSR count). The van der Waals surface area contributed by atoms with Crippen LogP contribution in [0.5, 0.6) is 0 Å². The summed E-state index contributed by atoms with van der Waals surface area (Å²) in [4.78, 5) is 22.0. The maximum atomic E-state index is 10.8. The Balaban J connectivity index is 1.50. The number of nitro groups is 1. The average molecular weight is 368 g/mol. The van der Waals surface area contributed by atoms with Crippen LogP contribution in [0, 0.1) is 23.0 Å². The summed E-state index contributed by atoms with van der Waals surface area (Å²) in [6.45, 7) is 4.81. The zero-order valence-electron chi connectivity index (χ0n) is 15.5. The van der Waals surface area contributed by atoms with Crippen LogP contribution in [0.4, 0.5) is 11.5 Å². The minimum atomic E-state index is -0.398. The van der Waals surface area contributed by atoms with Gasteiger partial charge in [-0.3, -0.25) is 10.1 Å². The number of ether oxygens (including phenoxy) is 1. The molecule has 2 saturated heterocycles. The largest absolute Gasteiger partial charge is 0.378 e. The predicted octanol–water partition coefficient (Wildman–Crippen LogP) is 3.76. The van der Waals surface area contributed by atoms with E-state index in [1.807, 2.05) is 13.0 Å². The van der Waals surface area contributed by atoms with E-state index in [0.29, 0.717) is 17.8 Å². The number of nitro benzene ring substituents is 1. The number of aromatic nitrogens is 2. The Labute approximate surface area is 158 Å². The Morgan fingerprint density at radius 2 is 1.89 bits per heavy atom. The number of hydrogen-bond donors (Lipinski definition) is 0. The van der Waals surface area contributed by atoms with Crippen LogP contribution >= 0.6 is 0 Å². The molecule has 0 bridgehead atoms. The Bertz CT molecular complexity index is 810. The Hall–Kier alpha value is -2.54. The normalized spacial score (nSPS) is 20.8. The zero-order chi connectivity index (χ0) is 18.8. The van der Waals surface area contributed by atoms with Gasteiger partial charge in [-0.05, 0) is 50.7 Å². The Kier molecular flexibility index (Phi) is 5.03. The SMILES string of the molecule is Cc1cc(N2CCC(C3CCCO3)CC2)nc(-c2ccc([N+](=O)[O-])cc2)n1. The lowest BCUT2D eigenvalue weighted by Gasteiger charge is -2.35. The van der Waals surface area contributed by atoms with Crippen LogP contribution in [0.1, 0.15) is 31.4 Å². The summed E-state index contributed by atoms with van der Waals surface area (Å²) in [5.41, 5.74) is 1.76. The van der Waals surface area contributed by atoms with Gasteiger partial charge in [0.1, 0.15) is 5.82 Å². The second kappa shape index (κ2) is 7.60. The molecule has 7 nitrogen and oxygen atoms in total. The van der Waals surface area contributed by atoms with Crippen LogP contribution in [-0.4, -0.2) is 40.7 Å². The molecule has 0 spiro atoms. The molecule has 0 radical (unpaired) electrons. The third kappa shape index (κ3) is 3.93. The highest BCUT2D eigenvalue weighted by Gasteiger charge is 2.30. The summed E-state index contributed by atoms with van der Waals surface area (Å²) < 4.78 is 5.86. The number of rotatable bonds is 4. The van der Waals surface area contributed by atoms with E-state index < -0.39 is 4.92 Å². The molecule has 2 aliphatic rings. The molecular weight excluding hydrogens is 344 g/mol. The second-order valence-corrected chi connectivity index (χ2v) is 7.37. The molecule has 2 fully saturated rings. The average Bonchev–Trinajstić information content (AvgIpc) is 3.22. The van der Waals surface area contributed by atoms with E-state index in [0.717, 1.165) is 49.6 Å². The third-order valence-electron chi connectivity index (χ3n) is 5.53. The highest BCUT2D eigenvalue weighted by molar-refractivity contribution is 5.60. The van der Waals surface area contributed by atoms with E-state index in [1.165, 1.54) is 25.0 Å². The number of aryl methyl sites for hydroxylation is 1. The molecule has 2 aromatic rings. The van der Waals surface area contributed by atoms with Crippen LogP contribution in [0.3, 0.4) is 0 Å². The van der Waals surface area contributed by atoms with Crippen molar-refractivity contribution >= 4 is 11.5 Å². The molecule has 0 N–H and O–H groups in total. The molecule has 3 heterocycles. The van der Waals surface area contributed by atoms with Crippen LogP contribution in [0.15, 0.2) is 30.3 Å². The monoisotopic (exact) mass is 368 g/mol. The smallest absolute Gasteiger partial charge is 0.269 e. The highest BCUT2D eigenvalue weighted by Crippen LogP contribution is 2.31. The number of piperidine rings is 1. The van der Waals surface area contributed by atoms with Gasteiger partial charge in [-0.1, -0.05) is 0 Å². The van der Waals surface area contributed by atoms with Crippen LogP contribution < -0.4 is 4.90 Å². The quantitative estimate of drug-likeness (QED) is 0.604. The second-order valence-electron chi connectivity index (χ2n) is 7.37. The zero-order valence-corrected chi connectivity index (χ0v) is 15.5. The lowest BCUT2D eigenvalue weighted by molar-refractivity contribution is -0.384. The highest BCUT2D eigenvalue weighted by atomic mass is 16.6. The van der Waals surface area contributed by atoms with Crippen molar-refractivity contribution in [3.8, 4) is 11.4 Å². The van der Waals surface area contributed by atoms with Gasteiger partial charge in [0, 0.05) is 49.2 Å². The van der Waals surface area contributed by atoms with Crippen molar-refractivity contribution in [3.05, 3.63) is 46.1 Å². The molecule has 142 valence electrons. The molecular formula is C20H24N4O3. The van der Waals surface area contributed by atoms with Gasteiger partial charge < -0.3 is 9.64 Å². The summed E-state index contributed by atoms with van der Waals surface area (Å²) in [6, 6.07) is 8.42. The first-order valence-electron chi connectivity index (χ1n) is 9.57. The first kappa shape index (κ1) is 17.9. The van der Waals surface area contributed by atoms with Gasteiger partial charge >= 0.3 is 0 Å². The van der Waals surface area contributed by atoms with Crippen molar-refractivity contribution < 1.29 is 9.66 Å². The van der Waals surface area contributed by atoms with E-state index in [2.05, 4.69) is 9.88 Å². The first-order chi connectivity index (χ1) is 13.1. The first-order valence-corrected chi connectivity index (χ1v) is 9.57. The maximum Gasteiger partial charge on any atom is 0.269 e. The van der Waals surface area contributed by atoms with Crippen LogP contribution in [-0.2, 0) is 4.74 Å². The molecule has 1 atom stereocenters. The molecule has 0 amide bonds. The van der Waals surface area contributed by atoms with Crippen molar-refractivity contribution in [1.82, 2.24) is 9.97 Å². The Morgan fingerprint density at radius 1 is 1.15 bits per heavy atom. The van der Waals surface area contributed by atoms with Gasteiger partial charge in [0.15, 0.2) is 5.82 Å². The molecule has 2 aliphatic heterocycles. The molecule has 1 aromatic carbocycles. The fourth-order valence-electron chi connectivity index (χ4n) is 4.05. The standard InChI is InChI=1S/C20H24N4O3/c1-14-13-19(23-10-8-15(9-11-23)18-3-2-12-27-18)22-20(21-14)16-4-6-17(7-5-16)24(25)26/h4-7,13,15,18H,2-3,8-12H2,1H3. The number of benzene rings is 1. The number of anilines is 1. The lowest BCUT2D eigenvalue weighted by Crippen LogP contribution is -2.38. The minimum Gasteiger partial charge on any atom is -0.378 e. The fourth-order valence-corrected chi connectivity index (χ4v) is 4.05. The van der Waals surface area contributed by atoms with Crippen molar-refractivity contribution in [2.24, 2.45) is 5.92 Å². The molecule has 1 unspecified atom stereocenters. The van der Waals surface area contributed by atoms with E-state index in [-0.39, 0.29) is 5.69 Å². The van der Waals surface area contributed by atoms with E-state index in [1.54, 1.807) is 12.1 Å². The molecule has 7 heteroatoms. The minimum absolute atomic E-state index is 0.0721. The Morgan fingerprint density at radius 3 is 2.52 bits per heavy atom. The van der Waals surface area contributed by atoms with Crippen molar-refractivity contribution in [1.29, 1.82) is 0 Å². The number of nitrogens with zero attached hydrogens (tertiary/aromatic N) is 4. The van der Waals surface area contributed by atoms with Crippen LogP contribution in [0.25, 0.3) is 11.4 Å². The summed E-state index contributed by atoms with van der Waals surface area (Å²) >= 11 is 0. The number of non-ortho nitro benzene ring substituents is 1. The molecule has 1 aromatic heterocycles. The van der Waals surface area contributed by atoms with Crippen LogP contribution in [0.2, 0.25) is 0 Å². The molecule has 0 aliphatic carbocycles. The van der Waals surface area contributed by atoms with Gasteiger partial charge in [-0.15, -0.1) is 0 Å². The third-order valence-corrected chi connectivity index (χ3v) is 5.53. The van der Waals surface area contributed by atoms with E-state index in [9.17, 15) is 10.1 Å². The van der Waals surface area contributed by atoms with Gasteiger partial charge in [-0.25, -0.2) is 9.97 Å². The molecule has 0 saturated carbocycles. The van der Waals surface area contributed by atoms with Gasteiger partial charge in [-0.2, -0.15) is 0 Å². The summed E-state index contributed by atoms with van der Waals surface area (Å²) in [7, 11) is 0. The lowest BCUT2D eigenvalue weighted by atomic mass is 9.90.